The van der Waals surface area contributed by atoms with Crippen molar-refractivity contribution >= 4 is 0 Å². The third-order valence-electron chi connectivity index (χ3n) is 4.81. The number of ether oxygens (including phenoxy) is 2. The maximum atomic E-state index is 10.2. The van der Waals surface area contributed by atoms with Crippen LogP contribution in [0.4, 0.5) is 0 Å². The Kier molecular flexibility index (Phi) is 5.63. The molecule has 0 saturated carbocycles. The lowest BCUT2D eigenvalue weighted by atomic mass is 9.82. The number of aliphatic hydroxyl groups excluding tert-OH is 1. The van der Waals surface area contributed by atoms with Crippen LogP contribution < -0.4 is 5.32 Å². The molecular weight excluding hydrogens is 302 g/mol. The average molecular weight is 327 g/mol. The lowest BCUT2D eigenvalue weighted by Crippen LogP contribution is -2.38. The smallest absolute Gasteiger partial charge is 0.162 e. The van der Waals surface area contributed by atoms with Gasteiger partial charge in [0, 0.05) is 25.5 Å². The van der Waals surface area contributed by atoms with E-state index in [1.165, 1.54) is 5.56 Å². The molecule has 1 heterocycles. The zero-order chi connectivity index (χ0) is 16.9. The van der Waals surface area contributed by atoms with E-state index in [9.17, 15) is 5.11 Å². The molecule has 0 spiro atoms. The molecule has 1 unspecified atom stereocenters. The first-order valence-corrected chi connectivity index (χ1v) is 8.37. The molecule has 1 aliphatic rings. The molecule has 4 heteroatoms. The number of hydrogen-bond donors (Lipinski definition) is 2. The zero-order valence-electron chi connectivity index (χ0n) is 14.2. The average Bonchev–Trinajstić information content (AvgIpc) is 2.66. The number of methoxy groups -OCH3 is 1. The van der Waals surface area contributed by atoms with Gasteiger partial charge < -0.3 is 19.9 Å². The molecule has 0 radical (unpaired) electrons. The van der Waals surface area contributed by atoms with E-state index >= 15 is 0 Å². The van der Waals surface area contributed by atoms with Crippen LogP contribution in [0.25, 0.3) is 0 Å². The van der Waals surface area contributed by atoms with E-state index in [4.69, 9.17) is 9.47 Å². The predicted octanol–water partition coefficient (Wildman–Crippen LogP) is 2.84. The van der Waals surface area contributed by atoms with Crippen LogP contribution in [0.1, 0.15) is 28.8 Å². The Morgan fingerprint density at radius 1 is 1.17 bits per heavy atom. The van der Waals surface area contributed by atoms with Gasteiger partial charge in [-0.2, -0.15) is 0 Å². The van der Waals surface area contributed by atoms with Gasteiger partial charge in [0.25, 0.3) is 0 Å². The van der Waals surface area contributed by atoms with Crippen LogP contribution in [0.5, 0.6) is 0 Å². The lowest BCUT2D eigenvalue weighted by molar-refractivity contribution is -0.185. The lowest BCUT2D eigenvalue weighted by Gasteiger charge is -2.38. The van der Waals surface area contributed by atoms with Crippen LogP contribution in [-0.2, 0) is 15.9 Å². The maximum absolute atomic E-state index is 10.2. The number of nitrogens with one attached hydrogen (secondary N) is 1. The molecule has 3 rings (SSSR count). The van der Waals surface area contributed by atoms with Crippen LogP contribution >= 0.6 is 0 Å². The van der Waals surface area contributed by atoms with Crippen molar-refractivity contribution in [3.63, 3.8) is 0 Å². The Morgan fingerprint density at radius 3 is 2.54 bits per heavy atom. The van der Waals surface area contributed by atoms with Crippen LogP contribution in [0, 0.1) is 5.92 Å². The Morgan fingerprint density at radius 2 is 1.88 bits per heavy atom. The van der Waals surface area contributed by atoms with E-state index in [1.54, 1.807) is 7.11 Å². The second-order valence-corrected chi connectivity index (χ2v) is 6.15. The molecule has 0 amide bonds. The van der Waals surface area contributed by atoms with Gasteiger partial charge in [0.05, 0.1) is 12.7 Å². The van der Waals surface area contributed by atoms with Gasteiger partial charge in [-0.3, -0.25) is 0 Å². The third-order valence-corrected chi connectivity index (χ3v) is 4.81. The number of aliphatic hydroxyl groups is 1. The number of benzene rings is 2. The molecular formula is C20H25NO3. The maximum Gasteiger partial charge on any atom is 0.162 e. The Balaban J connectivity index is 1.97. The van der Waals surface area contributed by atoms with Crippen molar-refractivity contribution in [1.29, 1.82) is 0 Å². The summed E-state index contributed by atoms with van der Waals surface area (Å²) in [7, 11) is 3.58. The predicted molar refractivity (Wildman–Crippen MR) is 93.6 cm³/mol. The quantitative estimate of drug-likeness (QED) is 0.857. The van der Waals surface area contributed by atoms with Crippen LogP contribution in [-0.4, -0.2) is 32.2 Å². The standard InChI is InChI=1S/C20H25NO3/c1-21-19(14-8-4-3-5-9-14)17(13-22)20-16-11-7-6-10-15(16)12-18(23-2)24-20/h3-11,17-22H,12-13H2,1-2H3/t17-,18?,19+,20+/m1/s1. The summed E-state index contributed by atoms with van der Waals surface area (Å²) in [5.41, 5.74) is 3.50. The highest BCUT2D eigenvalue weighted by molar-refractivity contribution is 5.33. The molecule has 4 nitrogen and oxygen atoms in total. The number of rotatable bonds is 6. The Hall–Kier alpha value is -1.72. The van der Waals surface area contributed by atoms with Gasteiger partial charge in [-0.05, 0) is 23.7 Å². The van der Waals surface area contributed by atoms with Crippen molar-refractivity contribution in [2.24, 2.45) is 5.92 Å². The highest BCUT2D eigenvalue weighted by Gasteiger charge is 2.37. The molecule has 0 saturated heterocycles. The normalized spacial score (nSPS) is 22.6. The van der Waals surface area contributed by atoms with E-state index in [0.29, 0.717) is 0 Å². The highest BCUT2D eigenvalue weighted by Crippen LogP contribution is 2.40. The largest absolute Gasteiger partial charge is 0.396 e. The van der Waals surface area contributed by atoms with Crippen LogP contribution in [0.15, 0.2) is 54.6 Å². The van der Waals surface area contributed by atoms with Gasteiger partial charge in [0.2, 0.25) is 0 Å². The summed E-state index contributed by atoms with van der Waals surface area (Å²) in [5, 5.41) is 13.5. The summed E-state index contributed by atoms with van der Waals surface area (Å²) in [5.74, 6) is -0.114. The van der Waals surface area contributed by atoms with Gasteiger partial charge in [0.1, 0.15) is 0 Å². The molecule has 2 aromatic rings. The van der Waals surface area contributed by atoms with Gasteiger partial charge >= 0.3 is 0 Å². The monoisotopic (exact) mass is 327 g/mol. The molecule has 0 aromatic heterocycles. The second-order valence-electron chi connectivity index (χ2n) is 6.15. The molecule has 24 heavy (non-hydrogen) atoms. The minimum atomic E-state index is -0.285. The van der Waals surface area contributed by atoms with E-state index in [1.807, 2.05) is 37.4 Å². The first-order valence-electron chi connectivity index (χ1n) is 8.37. The van der Waals surface area contributed by atoms with Crippen molar-refractivity contribution in [1.82, 2.24) is 5.32 Å². The number of hydrogen-bond acceptors (Lipinski definition) is 4. The molecule has 1 aliphatic heterocycles. The minimum absolute atomic E-state index is 0.00939. The van der Waals surface area contributed by atoms with Gasteiger partial charge in [-0.1, -0.05) is 54.6 Å². The summed E-state index contributed by atoms with van der Waals surface area (Å²) in [4.78, 5) is 0. The summed E-state index contributed by atoms with van der Waals surface area (Å²) >= 11 is 0. The van der Waals surface area contributed by atoms with Gasteiger partial charge in [0.15, 0.2) is 6.29 Å². The fourth-order valence-electron chi connectivity index (χ4n) is 3.60. The SMILES string of the molecule is CN[C@@H](c1ccccc1)[C@@H](CO)[C@H]1OC(OC)Cc2ccccc21. The molecule has 4 atom stereocenters. The summed E-state index contributed by atoms with van der Waals surface area (Å²) in [6.45, 7) is 0.0236. The summed E-state index contributed by atoms with van der Waals surface area (Å²) in [6.07, 6.45) is 0.228. The second kappa shape index (κ2) is 7.90. The molecule has 128 valence electrons. The van der Waals surface area contributed by atoms with Crippen molar-refractivity contribution in [2.75, 3.05) is 20.8 Å². The highest BCUT2D eigenvalue weighted by atomic mass is 16.7. The molecule has 2 N–H and O–H groups in total. The first-order chi connectivity index (χ1) is 11.8. The number of fused-ring (bicyclic) bond motifs is 1. The van der Waals surface area contributed by atoms with E-state index in [-0.39, 0.29) is 31.0 Å². The zero-order valence-corrected chi connectivity index (χ0v) is 14.2. The van der Waals surface area contributed by atoms with Crippen LogP contribution in [0.2, 0.25) is 0 Å². The fraction of sp³-hybridized carbons (Fsp3) is 0.400. The minimum Gasteiger partial charge on any atom is -0.396 e. The molecule has 0 fully saturated rings. The molecule has 2 aromatic carbocycles. The van der Waals surface area contributed by atoms with Gasteiger partial charge in [-0.25, -0.2) is 0 Å². The molecule has 0 aliphatic carbocycles. The fourth-order valence-corrected chi connectivity index (χ4v) is 3.60. The van der Waals surface area contributed by atoms with Gasteiger partial charge in [-0.15, -0.1) is 0 Å². The Labute approximate surface area is 143 Å². The third kappa shape index (κ3) is 3.37. The van der Waals surface area contributed by atoms with Crippen molar-refractivity contribution < 1.29 is 14.6 Å². The van der Waals surface area contributed by atoms with Crippen molar-refractivity contribution in [3.05, 3.63) is 71.3 Å². The van der Waals surface area contributed by atoms with E-state index in [2.05, 4.69) is 29.6 Å². The Bertz CT molecular complexity index is 646. The summed E-state index contributed by atoms with van der Waals surface area (Å²) in [6, 6.07) is 18.4. The van der Waals surface area contributed by atoms with E-state index in [0.717, 1.165) is 17.5 Å². The topological polar surface area (TPSA) is 50.7 Å². The van der Waals surface area contributed by atoms with Crippen LogP contribution in [0.3, 0.4) is 0 Å². The summed E-state index contributed by atoms with van der Waals surface area (Å²) < 4.78 is 11.7. The molecule has 0 bridgehead atoms. The van der Waals surface area contributed by atoms with E-state index < -0.39 is 0 Å². The first kappa shape index (κ1) is 17.1. The van der Waals surface area contributed by atoms with Crippen molar-refractivity contribution in [2.45, 2.75) is 24.9 Å². The van der Waals surface area contributed by atoms with Crippen molar-refractivity contribution in [3.8, 4) is 0 Å².